The number of hydrogen-bond acceptors (Lipinski definition) is 5. The summed E-state index contributed by atoms with van der Waals surface area (Å²) in [6.45, 7) is 0. The summed E-state index contributed by atoms with van der Waals surface area (Å²) in [6, 6.07) is 5.18. The second kappa shape index (κ2) is 6.13. The van der Waals surface area contributed by atoms with Gasteiger partial charge in [0.15, 0.2) is 0 Å². The van der Waals surface area contributed by atoms with Crippen LogP contribution in [0.2, 0.25) is 0 Å². The van der Waals surface area contributed by atoms with Crippen molar-refractivity contribution in [2.75, 3.05) is 5.73 Å². The molecule has 1 aromatic heterocycles. The summed E-state index contributed by atoms with van der Waals surface area (Å²) >= 11 is 9.69. The summed E-state index contributed by atoms with van der Waals surface area (Å²) in [6.07, 6.45) is 0. The lowest BCUT2D eigenvalue weighted by molar-refractivity contribution is 0.468. The molecule has 22 heavy (non-hydrogen) atoms. The van der Waals surface area contributed by atoms with Crippen molar-refractivity contribution in [3.8, 4) is 29.0 Å². The average molecular weight is 489 g/mol. The van der Waals surface area contributed by atoms with Gasteiger partial charge < -0.3 is 15.8 Å². The van der Waals surface area contributed by atoms with E-state index in [-0.39, 0.29) is 38.3 Å². The standard InChI is InChI=1S/C13H5Br3N4O2/c14-6-1-7(15)11(21)10(16)9(6)8-4(2-17)12(19)20-13(22)5(8)3-18/h1,21H,(H3,19,20,22). The molecule has 2 aromatic rings. The van der Waals surface area contributed by atoms with E-state index < -0.39 is 5.56 Å². The molecule has 110 valence electrons. The van der Waals surface area contributed by atoms with Crippen LogP contribution < -0.4 is 11.3 Å². The van der Waals surface area contributed by atoms with Crippen LogP contribution in [-0.4, -0.2) is 10.1 Å². The van der Waals surface area contributed by atoms with Crippen molar-refractivity contribution < 1.29 is 5.11 Å². The summed E-state index contributed by atoms with van der Waals surface area (Å²) in [5.41, 5.74) is 4.97. The normalized spacial score (nSPS) is 10.0. The third-order valence-corrected chi connectivity index (χ3v) is 4.87. The van der Waals surface area contributed by atoms with Crippen molar-refractivity contribution in [1.29, 1.82) is 10.5 Å². The van der Waals surface area contributed by atoms with E-state index in [0.29, 0.717) is 8.95 Å². The van der Waals surface area contributed by atoms with Crippen LogP contribution in [0.15, 0.2) is 24.3 Å². The van der Waals surface area contributed by atoms with E-state index in [1.165, 1.54) is 6.07 Å². The second-order valence-electron chi connectivity index (χ2n) is 4.09. The minimum Gasteiger partial charge on any atom is -0.506 e. The summed E-state index contributed by atoms with van der Waals surface area (Å²) in [7, 11) is 0. The van der Waals surface area contributed by atoms with Crippen molar-refractivity contribution in [2.45, 2.75) is 0 Å². The maximum atomic E-state index is 11.9. The summed E-state index contributed by atoms with van der Waals surface area (Å²) in [5.74, 6) is -0.285. The van der Waals surface area contributed by atoms with Gasteiger partial charge in [-0.15, -0.1) is 0 Å². The molecule has 0 bridgehead atoms. The molecule has 0 unspecified atom stereocenters. The zero-order valence-corrected chi connectivity index (χ0v) is 15.3. The second-order valence-corrected chi connectivity index (χ2v) is 6.60. The molecule has 0 aliphatic heterocycles. The molecule has 1 aromatic carbocycles. The van der Waals surface area contributed by atoms with Gasteiger partial charge in [-0.3, -0.25) is 4.79 Å². The number of nitrogens with zero attached hydrogens (tertiary/aromatic N) is 2. The van der Waals surface area contributed by atoms with Crippen molar-refractivity contribution in [2.24, 2.45) is 0 Å². The first-order valence-corrected chi connectivity index (χ1v) is 7.94. The van der Waals surface area contributed by atoms with Gasteiger partial charge in [0.2, 0.25) is 0 Å². The summed E-state index contributed by atoms with van der Waals surface area (Å²) < 4.78 is 1.07. The number of pyridine rings is 1. The lowest BCUT2D eigenvalue weighted by atomic mass is 9.96. The van der Waals surface area contributed by atoms with Crippen molar-refractivity contribution in [3.05, 3.63) is 41.0 Å². The van der Waals surface area contributed by atoms with E-state index in [9.17, 15) is 20.4 Å². The Labute approximate surface area is 149 Å². The number of nitrogens with two attached hydrogens (primary N) is 1. The van der Waals surface area contributed by atoms with Gasteiger partial charge in [0.25, 0.3) is 5.56 Å². The highest BCUT2D eigenvalue weighted by Crippen LogP contribution is 2.46. The van der Waals surface area contributed by atoms with E-state index in [2.05, 4.69) is 52.8 Å². The molecule has 0 fully saturated rings. The SMILES string of the molecule is N#Cc1c(N)[nH]c(=O)c(C#N)c1-c1c(Br)cc(Br)c(O)c1Br. The highest BCUT2D eigenvalue weighted by atomic mass is 79.9. The number of anilines is 1. The van der Waals surface area contributed by atoms with E-state index in [4.69, 9.17) is 5.73 Å². The fourth-order valence-corrected chi connectivity index (χ4v) is 4.42. The Morgan fingerprint density at radius 3 is 2.23 bits per heavy atom. The number of halogens is 3. The number of nitrogen functional groups attached to an aromatic ring is 1. The maximum Gasteiger partial charge on any atom is 0.268 e. The van der Waals surface area contributed by atoms with Gasteiger partial charge in [-0.2, -0.15) is 10.5 Å². The van der Waals surface area contributed by atoms with E-state index in [1.54, 1.807) is 6.07 Å². The first kappa shape index (κ1) is 16.6. The van der Waals surface area contributed by atoms with Crippen molar-refractivity contribution in [1.82, 2.24) is 4.98 Å². The van der Waals surface area contributed by atoms with Gasteiger partial charge in [-0.25, -0.2) is 0 Å². The number of hydrogen-bond donors (Lipinski definition) is 3. The summed E-state index contributed by atoms with van der Waals surface area (Å²) in [5, 5.41) is 28.6. The van der Waals surface area contributed by atoms with E-state index in [1.807, 2.05) is 6.07 Å². The number of aromatic amines is 1. The molecular formula is C13H5Br3N4O2. The third-order valence-electron chi connectivity index (χ3n) is 2.86. The number of aromatic hydroxyl groups is 1. The van der Waals surface area contributed by atoms with Crippen molar-refractivity contribution >= 4 is 53.6 Å². The third kappa shape index (κ3) is 2.52. The predicted octanol–water partition coefficient (Wildman–Crippen LogP) is 3.36. The number of nitrogens with one attached hydrogen (secondary N) is 1. The van der Waals surface area contributed by atoms with Gasteiger partial charge in [0.1, 0.15) is 34.8 Å². The molecule has 0 aliphatic carbocycles. The molecule has 9 heteroatoms. The largest absolute Gasteiger partial charge is 0.506 e. The number of nitriles is 2. The lowest BCUT2D eigenvalue weighted by Crippen LogP contribution is -2.16. The van der Waals surface area contributed by atoms with Gasteiger partial charge in [-0.05, 0) is 37.9 Å². The van der Waals surface area contributed by atoms with Crippen LogP contribution in [0.25, 0.3) is 11.1 Å². The van der Waals surface area contributed by atoms with E-state index >= 15 is 0 Å². The number of H-pyrrole nitrogens is 1. The minimum absolute atomic E-state index is 0.0489. The summed E-state index contributed by atoms with van der Waals surface area (Å²) in [4.78, 5) is 14.2. The molecule has 0 saturated heterocycles. The lowest BCUT2D eigenvalue weighted by Gasteiger charge is -2.14. The Morgan fingerprint density at radius 1 is 1.09 bits per heavy atom. The van der Waals surface area contributed by atoms with Crippen LogP contribution in [0, 0.1) is 22.7 Å². The topological polar surface area (TPSA) is 127 Å². The predicted molar refractivity (Wildman–Crippen MR) is 91.1 cm³/mol. The van der Waals surface area contributed by atoms with Gasteiger partial charge in [-0.1, -0.05) is 15.9 Å². The number of aromatic nitrogens is 1. The Kier molecular flexibility index (Phi) is 4.61. The van der Waals surface area contributed by atoms with Crippen LogP contribution in [0.3, 0.4) is 0 Å². The highest BCUT2D eigenvalue weighted by molar-refractivity contribution is 9.11. The average Bonchev–Trinajstić information content (AvgIpc) is 2.45. The Bertz CT molecular complexity index is 939. The zero-order chi connectivity index (χ0) is 16.6. The Balaban J connectivity index is 3.10. The monoisotopic (exact) mass is 486 g/mol. The van der Waals surface area contributed by atoms with Crippen LogP contribution in [0.1, 0.15) is 11.1 Å². The number of phenols is 1. The van der Waals surface area contributed by atoms with Crippen LogP contribution in [0.4, 0.5) is 5.82 Å². The van der Waals surface area contributed by atoms with Gasteiger partial charge >= 0.3 is 0 Å². The molecule has 0 amide bonds. The first-order valence-electron chi connectivity index (χ1n) is 5.56. The van der Waals surface area contributed by atoms with Crippen molar-refractivity contribution in [3.63, 3.8) is 0 Å². The van der Waals surface area contributed by atoms with E-state index in [0.717, 1.165) is 0 Å². The Hall–Kier alpha value is -1.81. The minimum atomic E-state index is -0.713. The molecule has 1 heterocycles. The molecular weight excluding hydrogens is 484 g/mol. The molecule has 0 atom stereocenters. The number of phenolic OH excluding ortho intramolecular Hbond substituents is 1. The number of benzene rings is 1. The van der Waals surface area contributed by atoms with Gasteiger partial charge in [0.05, 0.1) is 8.95 Å². The zero-order valence-electron chi connectivity index (χ0n) is 10.5. The molecule has 4 N–H and O–H groups in total. The molecule has 2 rings (SSSR count). The molecule has 0 saturated carbocycles. The molecule has 0 radical (unpaired) electrons. The molecule has 6 nitrogen and oxygen atoms in total. The molecule has 0 spiro atoms. The van der Waals surface area contributed by atoms with Crippen LogP contribution in [-0.2, 0) is 0 Å². The van der Waals surface area contributed by atoms with Crippen LogP contribution >= 0.6 is 47.8 Å². The number of rotatable bonds is 1. The van der Waals surface area contributed by atoms with Crippen LogP contribution in [0.5, 0.6) is 5.75 Å². The first-order chi connectivity index (χ1) is 10.3. The van der Waals surface area contributed by atoms with Gasteiger partial charge in [0, 0.05) is 15.6 Å². The fraction of sp³-hybridized carbons (Fsp3) is 0. The highest BCUT2D eigenvalue weighted by Gasteiger charge is 2.24. The Morgan fingerprint density at radius 2 is 1.68 bits per heavy atom. The molecule has 0 aliphatic rings. The smallest absolute Gasteiger partial charge is 0.268 e. The quantitative estimate of drug-likeness (QED) is 0.567. The maximum absolute atomic E-state index is 11.9. The fourth-order valence-electron chi connectivity index (χ4n) is 1.90.